The maximum atomic E-state index is 13.1. The van der Waals surface area contributed by atoms with Gasteiger partial charge >= 0.3 is 0 Å². The summed E-state index contributed by atoms with van der Waals surface area (Å²) in [5.41, 5.74) is 2.76. The Morgan fingerprint density at radius 3 is 2.56 bits per heavy atom. The highest BCUT2D eigenvalue weighted by atomic mass is 35.5. The van der Waals surface area contributed by atoms with Crippen LogP contribution in [0.15, 0.2) is 83.0 Å². The number of halogens is 1. The zero-order chi connectivity index (χ0) is 18.6. The molecule has 0 aliphatic carbocycles. The predicted molar refractivity (Wildman–Crippen MR) is 110 cm³/mol. The van der Waals surface area contributed by atoms with Crippen LogP contribution in [0.3, 0.4) is 0 Å². The molecule has 2 aromatic carbocycles. The van der Waals surface area contributed by atoms with Crippen molar-refractivity contribution in [3.63, 3.8) is 0 Å². The highest BCUT2D eigenvalue weighted by molar-refractivity contribution is 7.98. The fourth-order valence-electron chi connectivity index (χ4n) is 2.80. The van der Waals surface area contributed by atoms with Crippen molar-refractivity contribution in [1.29, 1.82) is 0 Å². The second kappa shape index (κ2) is 7.94. The number of fused-ring (bicyclic) bond motifs is 1. The molecule has 0 radical (unpaired) electrons. The minimum atomic E-state index is -0.0388. The molecule has 0 atom stereocenters. The number of para-hydroxylation sites is 1. The maximum Gasteiger partial charge on any atom is 0.262 e. The van der Waals surface area contributed by atoms with E-state index in [1.165, 1.54) is 0 Å². The number of hydrogen-bond acceptors (Lipinski definition) is 4. The lowest BCUT2D eigenvalue weighted by atomic mass is 10.2. The molecule has 2 aromatic heterocycles. The number of thioether (sulfide) groups is 1. The first kappa shape index (κ1) is 17.8. The van der Waals surface area contributed by atoms with Crippen molar-refractivity contribution in [2.24, 2.45) is 0 Å². The van der Waals surface area contributed by atoms with Gasteiger partial charge in [0, 0.05) is 23.2 Å². The number of aromatic nitrogens is 3. The number of rotatable bonds is 5. The smallest absolute Gasteiger partial charge is 0.262 e. The Kier molecular flexibility index (Phi) is 5.23. The Hall–Kier alpha value is -2.63. The summed E-state index contributed by atoms with van der Waals surface area (Å²) >= 11 is 7.50. The molecular weight excluding hydrogens is 378 g/mol. The third kappa shape index (κ3) is 4.04. The molecule has 0 saturated carbocycles. The Bertz CT molecular complexity index is 1130. The molecule has 0 fully saturated rings. The molecule has 4 nitrogen and oxygen atoms in total. The molecule has 6 heteroatoms. The molecule has 2 heterocycles. The van der Waals surface area contributed by atoms with E-state index in [4.69, 9.17) is 16.6 Å². The largest absolute Gasteiger partial charge is 0.283 e. The van der Waals surface area contributed by atoms with Crippen LogP contribution in [0.1, 0.15) is 11.1 Å². The Balaban J connectivity index is 1.73. The fourth-order valence-corrected chi connectivity index (χ4v) is 3.88. The molecule has 4 aromatic rings. The van der Waals surface area contributed by atoms with E-state index in [0.29, 0.717) is 33.4 Å². The van der Waals surface area contributed by atoms with Crippen molar-refractivity contribution in [1.82, 2.24) is 14.5 Å². The molecule has 0 unspecified atom stereocenters. The first-order valence-corrected chi connectivity index (χ1v) is 9.83. The van der Waals surface area contributed by atoms with Gasteiger partial charge in [0.1, 0.15) is 0 Å². The summed E-state index contributed by atoms with van der Waals surface area (Å²) in [5.74, 6) is 0.703. The molecule has 0 amide bonds. The first-order chi connectivity index (χ1) is 13.2. The average molecular weight is 394 g/mol. The SMILES string of the molecule is O=c1c2ccccc2nc(SCc2ccc(Cl)cc2)n1Cc1cccnc1. The predicted octanol–water partition coefficient (Wildman–Crippen LogP) is 4.79. The van der Waals surface area contributed by atoms with Crippen LogP contribution in [-0.2, 0) is 12.3 Å². The van der Waals surface area contributed by atoms with Crippen LogP contribution >= 0.6 is 23.4 Å². The molecule has 0 spiro atoms. The quantitative estimate of drug-likeness (QED) is 0.361. The molecular formula is C21H16ClN3OS. The lowest BCUT2D eigenvalue weighted by Crippen LogP contribution is -2.24. The summed E-state index contributed by atoms with van der Waals surface area (Å²) in [7, 11) is 0. The number of hydrogen-bond donors (Lipinski definition) is 0. The molecule has 4 rings (SSSR count). The van der Waals surface area contributed by atoms with E-state index in [2.05, 4.69) is 4.98 Å². The molecule has 0 bridgehead atoms. The lowest BCUT2D eigenvalue weighted by molar-refractivity contribution is 0.656. The van der Waals surface area contributed by atoms with Gasteiger partial charge < -0.3 is 0 Å². The summed E-state index contributed by atoms with van der Waals surface area (Å²) in [4.78, 5) is 22.0. The minimum Gasteiger partial charge on any atom is -0.283 e. The van der Waals surface area contributed by atoms with Crippen LogP contribution in [0, 0.1) is 0 Å². The standard InChI is InChI=1S/C21H16ClN3OS/c22-17-9-7-15(8-10-17)14-27-21-24-19-6-2-1-5-18(19)20(26)25(21)13-16-4-3-11-23-12-16/h1-12H,13-14H2. The van der Waals surface area contributed by atoms with E-state index in [0.717, 1.165) is 11.1 Å². The van der Waals surface area contributed by atoms with Crippen LogP contribution in [0.2, 0.25) is 5.02 Å². The highest BCUT2D eigenvalue weighted by Crippen LogP contribution is 2.23. The maximum absolute atomic E-state index is 13.1. The van der Waals surface area contributed by atoms with E-state index in [9.17, 15) is 4.79 Å². The summed E-state index contributed by atoms with van der Waals surface area (Å²) < 4.78 is 1.72. The van der Waals surface area contributed by atoms with E-state index >= 15 is 0 Å². The highest BCUT2D eigenvalue weighted by Gasteiger charge is 2.12. The number of nitrogens with zero attached hydrogens (tertiary/aromatic N) is 3. The second-order valence-corrected chi connectivity index (χ2v) is 7.46. The zero-order valence-corrected chi connectivity index (χ0v) is 16.0. The molecule has 0 N–H and O–H groups in total. The Morgan fingerprint density at radius 2 is 1.78 bits per heavy atom. The van der Waals surface area contributed by atoms with Gasteiger partial charge in [-0.25, -0.2) is 4.98 Å². The monoisotopic (exact) mass is 393 g/mol. The molecule has 0 aliphatic heterocycles. The average Bonchev–Trinajstić information content (AvgIpc) is 2.71. The van der Waals surface area contributed by atoms with E-state index in [1.54, 1.807) is 28.7 Å². The van der Waals surface area contributed by atoms with Crippen molar-refractivity contribution >= 4 is 34.3 Å². The summed E-state index contributed by atoms with van der Waals surface area (Å²) in [6.45, 7) is 0.438. The molecule has 0 saturated heterocycles. The van der Waals surface area contributed by atoms with Gasteiger partial charge in [-0.3, -0.25) is 14.3 Å². The van der Waals surface area contributed by atoms with E-state index in [-0.39, 0.29) is 5.56 Å². The normalized spacial score (nSPS) is 11.0. The van der Waals surface area contributed by atoms with Gasteiger partial charge in [0.15, 0.2) is 5.16 Å². The van der Waals surface area contributed by atoms with Gasteiger partial charge in [-0.15, -0.1) is 0 Å². The lowest BCUT2D eigenvalue weighted by Gasteiger charge is -2.13. The van der Waals surface area contributed by atoms with Gasteiger partial charge in [-0.05, 0) is 41.5 Å². The molecule has 134 valence electrons. The Labute approximate surface area is 165 Å². The van der Waals surface area contributed by atoms with Crippen molar-refractivity contribution in [3.8, 4) is 0 Å². The number of benzene rings is 2. The van der Waals surface area contributed by atoms with Crippen molar-refractivity contribution in [2.45, 2.75) is 17.5 Å². The van der Waals surface area contributed by atoms with Crippen LogP contribution in [0.5, 0.6) is 0 Å². The first-order valence-electron chi connectivity index (χ1n) is 8.46. The van der Waals surface area contributed by atoms with Crippen LogP contribution < -0.4 is 5.56 Å². The summed E-state index contributed by atoms with van der Waals surface area (Å²) in [5, 5.41) is 2.02. The van der Waals surface area contributed by atoms with E-state index in [1.807, 2.05) is 60.7 Å². The van der Waals surface area contributed by atoms with Crippen molar-refractivity contribution in [3.05, 3.63) is 99.6 Å². The third-order valence-corrected chi connectivity index (χ3v) is 5.47. The van der Waals surface area contributed by atoms with Gasteiger partial charge in [0.05, 0.1) is 17.4 Å². The van der Waals surface area contributed by atoms with Crippen LogP contribution in [0.4, 0.5) is 0 Å². The zero-order valence-electron chi connectivity index (χ0n) is 14.4. The van der Waals surface area contributed by atoms with Gasteiger partial charge in [0.2, 0.25) is 0 Å². The summed E-state index contributed by atoms with van der Waals surface area (Å²) in [6.07, 6.45) is 3.50. The second-order valence-electron chi connectivity index (χ2n) is 6.08. The topological polar surface area (TPSA) is 47.8 Å². The molecule has 0 aliphatic rings. The van der Waals surface area contributed by atoms with Crippen LogP contribution in [-0.4, -0.2) is 14.5 Å². The van der Waals surface area contributed by atoms with E-state index < -0.39 is 0 Å². The van der Waals surface area contributed by atoms with Gasteiger partial charge in [0.25, 0.3) is 5.56 Å². The number of pyridine rings is 1. The van der Waals surface area contributed by atoms with Crippen molar-refractivity contribution < 1.29 is 0 Å². The minimum absolute atomic E-state index is 0.0388. The Morgan fingerprint density at radius 1 is 0.963 bits per heavy atom. The van der Waals surface area contributed by atoms with Gasteiger partial charge in [-0.2, -0.15) is 0 Å². The van der Waals surface area contributed by atoms with Crippen molar-refractivity contribution in [2.75, 3.05) is 0 Å². The summed E-state index contributed by atoms with van der Waals surface area (Å²) in [6, 6.07) is 19.0. The third-order valence-electron chi connectivity index (χ3n) is 4.17. The van der Waals surface area contributed by atoms with Crippen LogP contribution in [0.25, 0.3) is 10.9 Å². The molecule has 27 heavy (non-hydrogen) atoms. The fraction of sp³-hybridized carbons (Fsp3) is 0.0952. The van der Waals surface area contributed by atoms with Gasteiger partial charge in [-0.1, -0.05) is 53.7 Å².